The van der Waals surface area contributed by atoms with Crippen LogP contribution in [-0.4, -0.2) is 39.5 Å². The van der Waals surface area contributed by atoms with E-state index in [0.29, 0.717) is 15.6 Å². The third kappa shape index (κ3) is 2.38. The number of carbonyl (C=O) groups is 2. The van der Waals surface area contributed by atoms with E-state index in [1.165, 1.54) is 6.07 Å². The maximum Gasteiger partial charge on any atom is 0.342 e. The van der Waals surface area contributed by atoms with Gasteiger partial charge >= 0.3 is 11.9 Å². The summed E-state index contributed by atoms with van der Waals surface area (Å²) in [6, 6.07) is 4.73. The summed E-state index contributed by atoms with van der Waals surface area (Å²) in [6.45, 7) is -0.0248. The lowest BCUT2D eigenvalue weighted by Gasteiger charge is -2.31. The Bertz CT molecular complexity index is 712. The van der Waals surface area contributed by atoms with E-state index in [0.717, 1.165) is 0 Å². The van der Waals surface area contributed by atoms with Gasteiger partial charge in [-0.1, -0.05) is 23.2 Å². The maximum atomic E-state index is 14.4. The summed E-state index contributed by atoms with van der Waals surface area (Å²) in [6.07, 6.45) is -1.09. The van der Waals surface area contributed by atoms with Crippen LogP contribution in [0.15, 0.2) is 18.2 Å². The molecule has 0 radical (unpaired) electrons. The van der Waals surface area contributed by atoms with Gasteiger partial charge in [0.1, 0.15) is 5.54 Å². The first-order valence-electron chi connectivity index (χ1n) is 7.13. The number of hydrogen-bond acceptors (Lipinski definition) is 4. The summed E-state index contributed by atoms with van der Waals surface area (Å²) in [5.74, 6) is -5.45. The van der Waals surface area contributed by atoms with E-state index in [1.807, 2.05) is 0 Å². The number of ether oxygens (including phenoxy) is 1. The van der Waals surface area contributed by atoms with Crippen molar-refractivity contribution in [2.75, 3.05) is 0 Å². The number of benzene rings is 1. The molecule has 1 aromatic rings. The van der Waals surface area contributed by atoms with Crippen LogP contribution in [0.5, 0.6) is 0 Å². The lowest BCUT2D eigenvalue weighted by atomic mass is 9.88. The first kappa shape index (κ1) is 17.4. The largest absolute Gasteiger partial charge is 0.480 e. The van der Waals surface area contributed by atoms with Gasteiger partial charge in [-0.2, -0.15) is 0 Å². The quantitative estimate of drug-likeness (QED) is 0.724. The van der Waals surface area contributed by atoms with Crippen molar-refractivity contribution in [3.05, 3.63) is 33.8 Å². The number of hydrogen-bond donors (Lipinski definition) is 3. The number of fused-ring (bicyclic) bond motifs is 1. The minimum atomic E-state index is -2.60. The first-order chi connectivity index (χ1) is 11.1. The molecule has 130 valence electrons. The topological polar surface area (TPSA) is 110 Å². The molecule has 0 bridgehead atoms. The predicted octanol–water partition coefficient (Wildman–Crippen LogP) is 2.10. The predicted molar refractivity (Wildman–Crippen MR) is 82.7 cm³/mol. The molecular weight excluding hydrogens is 364 g/mol. The summed E-state index contributed by atoms with van der Waals surface area (Å²) in [5.41, 5.74) is 1.79. The van der Waals surface area contributed by atoms with Gasteiger partial charge < -0.3 is 20.7 Å². The number of alkyl halides is 1. The van der Waals surface area contributed by atoms with Crippen molar-refractivity contribution in [2.24, 2.45) is 17.6 Å². The molecular formula is C15H14Cl2FNO5. The fourth-order valence-corrected chi connectivity index (χ4v) is 4.27. The van der Waals surface area contributed by atoms with E-state index in [1.54, 1.807) is 12.1 Å². The van der Waals surface area contributed by atoms with Crippen LogP contribution in [0.25, 0.3) is 0 Å². The van der Waals surface area contributed by atoms with Gasteiger partial charge in [-0.3, -0.25) is 4.79 Å². The molecule has 0 aliphatic heterocycles. The molecule has 1 aromatic carbocycles. The van der Waals surface area contributed by atoms with Crippen LogP contribution in [0, 0.1) is 11.8 Å². The number of halogens is 3. The van der Waals surface area contributed by atoms with E-state index in [4.69, 9.17) is 38.8 Å². The zero-order valence-electron chi connectivity index (χ0n) is 12.2. The van der Waals surface area contributed by atoms with Crippen molar-refractivity contribution in [1.82, 2.24) is 0 Å². The Morgan fingerprint density at radius 3 is 2.33 bits per heavy atom. The highest BCUT2D eigenvalue weighted by Gasteiger charge is 2.85. The number of carboxylic acid groups (broad SMARTS) is 2. The van der Waals surface area contributed by atoms with Crippen LogP contribution in [0.4, 0.5) is 4.39 Å². The number of nitrogens with two attached hydrogens (primary N) is 1. The van der Waals surface area contributed by atoms with Gasteiger partial charge in [0.25, 0.3) is 0 Å². The molecule has 6 nitrogen and oxygen atoms in total. The zero-order valence-corrected chi connectivity index (χ0v) is 13.7. The van der Waals surface area contributed by atoms with Crippen molar-refractivity contribution >= 4 is 35.1 Å². The molecule has 0 spiro atoms. The monoisotopic (exact) mass is 377 g/mol. The molecule has 2 saturated carbocycles. The van der Waals surface area contributed by atoms with Crippen molar-refractivity contribution in [3.8, 4) is 0 Å². The van der Waals surface area contributed by atoms with Crippen LogP contribution < -0.4 is 5.73 Å². The summed E-state index contributed by atoms with van der Waals surface area (Å²) in [5, 5.41) is 19.2. The van der Waals surface area contributed by atoms with E-state index in [2.05, 4.69) is 0 Å². The van der Waals surface area contributed by atoms with Gasteiger partial charge in [-0.05, 0) is 30.2 Å². The molecule has 24 heavy (non-hydrogen) atoms. The molecule has 2 fully saturated rings. The SMILES string of the molecule is N[C@]1(C(=O)O)[C@H]2[C@@H](C[C@H]1OCc1cc(Cl)cc(Cl)c1)[C@]2(F)C(=O)O. The second kappa shape index (κ2) is 5.56. The zero-order chi connectivity index (χ0) is 17.9. The van der Waals surface area contributed by atoms with Crippen LogP contribution in [0.2, 0.25) is 10.0 Å². The van der Waals surface area contributed by atoms with Crippen molar-refractivity contribution in [3.63, 3.8) is 0 Å². The van der Waals surface area contributed by atoms with Gasteiger partial charge in [0.2, 0.25) is 5.67 Å². The normalized spacial score (nSPS) is 37.1. The lowest BCUT2D eigenvalue weighted by Crippen LogP contribution is -2.60. The maximum absolute atomic E-state index is 14.4. The highest BCUT2D eigenvalue weighted by atomic mass is 35.5. The van der Waals surface area contributed by atoms with Crippen LogP contribution in [0.3, 0.4) is 0 Å². The van der Waals surface area contributed by atoms with Gasteiger partial charge in [0.15, 0.2) is 0 Å². The van der Waals surface area contributed by atoms with Gasteiger partial charge in [-0.15, -0.1) is 0 Å². The number of rotatable bonds is 5. The van der Waals surface area contributed by atoms with Crippen molar-refractivity contribution in [1.29, 1.82) is 0 Å². The Morgan fingerprint density at radius 2 is 1.83 bits per heavy atom. The van der Waals surface area contributed by atoms with Gasteiger partial charge in [0, 0.05) is 21.9 Å². The Labute approximate surface area is 146 Å². The molecule has 0 unspecified atom stereocenters. The summed E-state index contributed by atoms with van der Waals surface area (Å²) in [7, 11) is 0. The fraction of sp³-hybridized carbons (Fsp3) is 0.467. The van der Waals surface area contributed by atoms with Crippen molar-refractivity contribution < 1.29 is 28.9 Å². The van der Waals surface area contributed by atoms with E-state index in [9.17, 15) is 19.1 Å². The number of aliphatic carboxylic acids is 2. The average molecular weight is 378 g/mol. The molecule has 3 rings (SSSR count). The van der Waals surface area contributed by atoms with Crippen molar-refractivity contribution in [2.45, 2.75) is 30.3 Å². The van der Waals surface area contributed by atoms with Crippen LogP contribution in [0.1, 0.15) is 12.0 Å². The number of carboxylic acids is 2. The smallest absolute Gasteiger partial charge is 0.342 e. The minimum absolute atomic E-state index is 0.0248. The fourth-order valence-electron chi connectivity index (χ4n) is 3.70. The highest BCUT2D eigenvalue weighted by Crippen LogP contribution is 2.67. The third-order valence-corrected chi connectivity index (χ3v) is 5.31. The molecule has 0 aromatic heterocycles. The van der Waals surface area contributed by atoms with E-state index in [-0.39, 0.29) is 13.0 Å². The molecule has 0 amide bonds. The molecule has 2 aliphatic carbocycles. The summed E-state index contributed by atoms with van der Waals surface area (Å²) < 4.78 is 20.0. The van der Waals surface area contributed by atoms with Crippen LogP contribution in [-0.2, 0) is 20.9 Å². The molecule has 4 N–H and O–H groups in total. The standard InChI is InChI=1S/C15H14Cl2FNO5/c16-7-1-6(2-8(17)3-7)5-24-10-4-9-11(14(9,18)12(20)21)15(10,19)13(22)23/h1-3,9-11H,4-5,19H2,(H,20,21)(H,22,23)/t9-,10-,11+,14-,15+/m1/s1. The second-order valence-electron chi connectivity index (χ2n) is 6.21. The lowest BCUT2D eigenvalue weighted by molar-refractivity contribution is -0.156. The molecule has 0 heterocycles. The summed E-state index contributed by atoms with van der Waals surface area (Å²) in [4.78, 5) is 22.7. The Hall–Kier alpha value is -1.41. The Morgan fingerprint density at radius 1 is 1.25 bits per heavy atom. The third-order valence-electron chi connectivity index (χ3n) is 4.87. The second-order valence-corrected chi connectivity index (χ2v) is 7.08. The molecule has 9 heteroatoms. The van der Waals surface area contributed by atoms with E-state index < -0.39 is 41.1 Å². The Kier molecular flexibility index (Phi) is 4.03. The molecule has 2 aliphatic rings. The van der Waals surface area contributed by atoms with Gasteiger partial charge in [-0.25, -0.2) is 9.18 Å². The minimum Gasteiger partial charge on any atom is -0.480 e. The molecule has 0 saturated heterocycles. The Balaban J connectivity index is 1.78. The van der Waals surface area contributed by atoms with Gasteiger partial charge in [0.05, 0.1) is 12.7 Å². The molecule has 5 atom stereocenters. The van der Waals surface area contributed by atoms with Crippen LogP contribution >= 0.6 is 23.2 Å². The highest BCUT2D eigenvalue weighted by molar-refractivity contribution is 6.34. The van der Waals surface area contributed by atoms with E-state index >= 15 is 0 Å². The average Bonchev–Trinajstić information content (AvgIpc) is 2.93. The first-order valence-corrected chi connectivity index (χ1v) is 7.88. The summed E-state index contributed by atoms with van der Waals surface area (Å²) >= 11 is 11.8.